The summed E-state index contributed by atoms with van der Waals surface area (Å²) in [6.07, 6.45) is 0. The van der Waals surface area contributed by atoms with Crippen LogP contribution in [0, 0.1) is 13.8 Å². The summed E-state index contributed by atoms with van der Waals surface area (Å²) in [4.78, 5) is 8.21. The molecule has 0 aliphatic rings. The van der Waals surface area contributed by atoms with Gasteiger partial charge in [0, 0.05) is 49.4 Å². The summed E-state index contributed by atoms with van der Waals surface area (Å²) in [7, 11) is 0. The number of rotatable bonds is 2. The third-order valence-corrected chi connectivity index (χ3v) is 10.8. The van der Waals surface area contributed by atoms with Gasteiger partial charge in [0.05, 0.1) is 0 Å². The van der Waals surface area contributed by atoms with Gasteiger partial charge in [-0.1, -0.05) is 24.3 Å². The largest absolute Gasteiger partial charge is 0.140 e. The molecule has 0 saturated carbocycles. The molecule has 0 aliphatic carbocycles. The van der Waals surface area contributed by atoms with Gasteiger partial charge in [-0.25, -0.2) is 0 Å². The molecule has 32 heavy (non-hydrogen) atoms. The third-order valence-electron chi connectivity index (χ3n) is 6.16. The molecule has 0 saturated heterocycles. The maximum absolute atomic E-state index is 2.39. The van der Waals surface area contributed by atoms with Crippen molar-refractivity contribution in [1.29, 1.82) is 0 Å². The smallest absolute Gasteiger partial charge is 0.0455 e. The van der Waals surface area contributed by atoms with Crippen LogP contribution in [0.15, 0.2) is 72.8 Å². The number of thiophene rings is 4. The van der Waals surface area contributed by atoms with Crippen molar-refractivity contribution in [2.75, 3.05) is 0 Å². The number of fused-ring (bicyclic) bond motifs is 7. The second-order valence-corrected chi connectivity index (χ2v) is 13.0. The molecule has 4 aromatic heterocycles. The summed E-state index contributed by atoms with van der Waals surface area (Å²) < 4.78 is 2.73. The first-order valence-electron chi connectivity index (χ1n) is 10.6. The van der Waals surface area contributed by atoms with Crippen LogP contribution in [0.1, 0.15) is 9.75 Å². The molecule has 0 bridgehead atoms. The average molecular weight is 483 g/mol. The predicted octanol–water partition coefficient (Wildman–Crippen LogP) is 10.5. The molecule has 0 amide bonds. The zero-order valence-electron chi connectivity index (χ0n) is 17.6. The summed E-state index contributed by atoms with van der Waals surface area (Å²) in [5, 5.41) is 8.15. The molecular formula is C28H18S4. The molecule has 7 rings (SSSR count). The normalized spacial score (nSPS) is 12.1. The molecule has 3 aromatic carbocycles. The summed E-state index contributed by atoms with van der Waals surface area (Å²) in [6, 6.07) is 27.6. The molecule has 4 heterocycles. The second kappa shape index (κ2) is 7.00. The first kappa shape index (κ1) is 19.0. The fourth-order valence-electron chi connectivity index (χ4n) is 4.64. The van der Waals surface area contributed by atoms with Crippen LogP contribution >= 0.6 is 45.3 Å². The van der Waals surface area contributed by atoms with Crippen LogP contribution < -0.4 is 0 Å². The van der Waals surface area contributed by atoms with Crippen molar-refractivity contribution in [3.05, 3.63) is 82.6 Å². The van der Waals surface area contributed by atoms with Crippen molar-refractivity contribution in [2.45, 2.75) is 13.8 Å². The zero-order chi connectivity index (χ0) is 21.4. The van der Waals surface area contributed by atoms with E-state index in [0.717, 1.165) is 0 Å². The highest BCUT2D eigenvalue weighted by molar-refractivity contribution is 7.26. The van der Waals surface area contributed by atoms with Crippen molar-refractivity contribution in [1.82, 2.24) is 0 Å². The maximum Gasteiger partial charge on any atom is 0.0455 e. The van der Waals surface area contributed by atoms with E-state index in [4.69, 9.17) is 0 Å². The van der Waals surface area contributed by atoms with Gasteiger partial charge in [-0.3, -0.25) is 0 Å². The van der Waals surface area contributed by atoms with Crippen molar-refractivity contribution in [3.8, 4) is 19.5 Å². The van der Waals surface area contributed by atoms with Crippen LogP contribution in [-0.2, 0) is 0 Å². The molecule has 0 fully saturated rings. The Balaban J connectivity index is 1.46. The van der Waals surface area contributed by atoms with E-state index in [1.807, 2.05) is 45.3 Å². The molecule has 0 nitrogen and oxygen atoms in total. The minimum atomic E-state index is 1.35. The van der Waals surface area contributed by atoms with Gasteiger partial charge < -0.3 is 0 Å². The fourth-order valence-corrected chi connectivity index (χ4v) is 8.69. The Kier molecular flexibility index (Phi) is 4.16. The highest BCUT2D eigenvalue weighted by atomic mass is 32.1. The average Bonchev–Trinajstić information content (AvgIpc) is 3.57. The Hall–Kier alpha value is -2.50. The summed E-state index contributed by atoms with van der Waals surface area (Å²) in [5.41, 5.74) is 0. The minimum absolute atomic E-state index is 1.35. The molecule has 0 spiro atoms. The highest BCUT2D eigenvalue weighted by Crippen LogP contribution is 2.44. The summed E-state index contributed by atoms with van der Waals surface area (Å²) in [5.74, 6) is 0. The lowest BCUT2D eigenvalue weighted by molar-refractivity contribution is 1.64. The molecule has 4 heteroatoms. The summed E-state index contributed by atoms with van der Waals surface area (Å²) in [6.45, 7) is 4.36. The van der Waals surface area contributed by atoms with Crippen LogP contribution in [0.4, 0.5) is 0 Å². The van der Waals surface area contributed by atoms with E-state index < -0.39 is 0 Å². The van der Waals surface area contributed by atoms with Gasteiger partial charge in [0.25, 0.3) is 0 Å². The quantitative estimate of drug-likeness (QED) is 0.215. The number of benzene rings is 3. The second-order valence-electron chi connectivity index (χ2n) is 8.25. The van der Waals surface area contributed by atoms with Gasteiger partial charge in [0.15, 0.2) is 0 Å². The van der Waals surface area contributed by atoms with Gasteiger partial charge >= 0.3 is 0 Å². The lowest BCUT2D eigenvalue weighted by Gasteiger charge is -2.06. The topological polar surface area (TPSA) is 0 Å². The SMILES string of the molecule is Cc1ccc(-c2cc3c(ccc4c3ccc3c5cc(-c6ccc(C)s6)sc5ccc34)s2)s1. The Bertz CT molecular complexity index is 1670. The Morgan fingerprint density at radius 1 is 0.375 bits per heavy atom. The van der Waals surface area contributed by atoms with E-state index in [0.29, 0.717) is 0 Å². The maximum atomic E-state index is 2.39. The molecule has 0 N–H and O–H groups in total. The van der Waals surface area contributed by atoms with Crippen LogP contribution in [-0.4, -0.2) is 0 Å². The monoisotopic (exact) mass is 482 g/mol. The van der Waals surface area contributed by atoms with E-state index in [9.17, 15) is 0 Å². The van der Waals surface area contributed by atoms with Crippen LogP contribution in [0.2, 0.25) is 0 Å². The van der Waals surface area contributed by atoms with Gasteiger partial charge in [-0.05, 0) is 83.9 Å². The van der Waals surface area contributed by atoms with Gasteiger partial charge in [-0.15, -0.1) is 45.3 Å². The molecule has 154 valence electrons. The van der Waals surface area contributed by atoms with E-state index in [2.05, 4.69) is 86.6 Å². The van der Waals surface area contributed by atoms with Crippen molar-refractivity contribution >= 4 is 87.1 Å². The standard InChI is InChI=1S/C28H18S4/c1-15-3-9-25(29-15)27-13-21-19-5-6-20-18(17(19)7-11-23(21)31-27)8-12-24-22(20)14-28(32-24)26-10-4-16(2)30-26/h3-14H,1-2H3. The van der Waals surface area contributed by atoms with Crippen LogP contribution in [0.5, 0.6) is 0 Å². The van der Waals surface area contributed by atoms with E-state index in [1.165, 1.54) is 71.0 Å². The first-order valence-corrected chi connectivity index (χ1v) is 13.9. The van der Waals surface area contributed by atoms with Gasteiger partial charge in [0.1, 0.15) is 0 Å². The van der Waals surface area contributed by atoms with E-state index in [-0.39, 0.29) is 0 Å². The van der Waals surface area contributed by atoms with E-state index in [1.54, 1.807) is 0 Å². The Labute approximate surface area is 202 Å². The predicted molar refractivity (Wildman–Crippen MR) is 148 cm³/mol. The number of aryl methyl sites for hydroxylation is 2. The Morgan fingerprint density at radius 2 is 0.781 bits per heavy atom. The van der Waals surface area contributed by atoms with E-state index >= 15 is 0 Å². The molecule has 7 aromatic rings. The lowest BCUT2D eigenvalue weighted by atomic mass is 9.98. The fraction of sp³-hybridized carbons (Fsp3) is 0.0714. The first-order chi connectivity index (χ1) is 15.6. The van der Waals surface area contributed by atoms with Crippen LogP contribution in [0.3, 0.4) is 0 Å². The highest BCUT2D eigenvalue weighted by Gasteiger charge is 2.13. The van der Waals surface area contributed by atoms with Crippen molar-refractivity contribution in [2.24, 2.45) is 0 Å². The number of hydrogen-bond donors (Lipinski definition) is 0. The van der Waals surface area contributed by atoms with Gasteiger partial charge in [0.2, 0.25) is 0 Å². The molecular weight excluding hydrogens is 465 g/mol. The zero-order valence-corrected chi connectivity index (χ0v) is 20.8. The molecule has 0 atom stereocenters. The molecule has 0 unspecified atom stereocenters. The minimum Gasteiger partial charge on any atom is -0.140 e. The van der Waals surface area contributed by atoms with Crippen molar-refractivity contribution < 1.29 is 0 Å². The summed E-state index contributed by atoms with van der Waals surface area (Å²) >= 11 is 7.56. The third kappa shape index (κ3) is 2.84. The number of hydrogen-bond acceptors (Lipinski definition) is 4. The van der Waals surface area contributed by atoms with Crippen LogP contribution in [0.25, 0.3) is 61.2 Å². The Morgan fingerprint density at radius 3 is 1.19 bits per heavy atom. The van der Waals surface area contributed by atoms with Gasteiger partial charge in [-0.2, -0.15) is 0 Å². The van der Waals surface area contributed by atoms with Crippen molar-refractivity contribution in [3.63, 3.8) is 0 Å². The lowest BCUT2D eigenvalue weighted by Crippen LogP contribution is -1.79. The molecule has 0 aliphatic heterocycles. The molecule has 0 radical (unpaired) electrons.